The molecule has 26 heteroatoms. The van der Waals surface area contributed by atoms with Crippen molar-refractivity contribution in [2.24, 2.45) is 0 Å². The quantitative estimate of drug-likeness (QED) is 0.101. The molecule has 2 aliphatic heterocycles. The van der Waals surface area contributed by atoms with Crippen molar-refractivity contribution in [2.45, 2.75) is 73.7 Å². The summed E-state index contributed by atoms with van der Waals surface area (Å²) in [7, 11) is 1.63. The second kappa shape index (κ2) is 24.6. The lowest BCUT2D eigenvalue weighted by Gasteiger charge is -2.25. The highest BCUT2D eigenvalue weighted by atomic mass is 32.2. The summed E-state index contributed by atoms with van der Waals surface area (Å²) >= 11 is 0. The van der Waals surface area contributed by atoms with Crippen LogP contribution in [-0.4, -0.2) is 159 Å². The van der Waals surface area contributed by atoms with Gasteiger partial charge in [0.2, 0.25) is 0 Å². The molecule has 0 unspecified atom stereocenters. The van der Waals surface area contributed by atoms with Gasteiger partial charge in [0.25, 0.3) is 0 Å². The minimum absolute atomic E-state index is 0.196. The molecule has 8 rings (SSSR count). The van der Waals surface area contributed by atoms with Crippen molar-refractivity contribution >= 4 is 19.7 Å². The van der Waals surface area contributed by atoms with Gasteiger partial charge < -0.3 is 47.4 Å². The van der Waals surface area contributed by atoms with Gasteiger partial charge in [-0.3, -0.25) is 9.13 Å². The summed E-state index contributed by atoms with van der Waals surface area (Å²) in [5.74, 6) is 3.06. The van der Waals surface area contributed by atoms with Crippen molar-refractivity contribution in [3.8, 4) is 45.9 Å². The van der Waals surface area contributed by atoms with Crippen molar-refractivity contribution in [3.05, 3.63) is 96.1 Å². The zero-order valence-corrected chi connectivity index (χ0v) is 44.5. The van der Waals surface area contributed by atoms with Gasteiger partial charge in [-0.2, -0.15) is 0 Å². The molecule has 0 radical (unpaired) electrons. The van der Waals surface area contributed by atoms with Gasteiger partial charge in [-0.15, -0.1) is 20.4 Å². The first kappa shape index (κ1) is 55.2. The molecule has 0 bridgehead atoms. The van der Waals surface area contributed by atoms with E-state index in [1.165, 1.54) is 67.4 Å². The Morgan fingerprint density at radius 1 is 0.514 bits per heavy atom. The van der Waals surface area contributed by atoms with E-state index in [4.69, 9.17) is 47.4 Å². The standard InChI is InChI=1S/2C24H31N5O7S/c2*1-15(23-25-11-17(32-3)12-26-23)16(2)37(30,31)14-21-27-28-24(20-13-35-9-10-36-20)29(21)22-18(33-4)7-6-8-19(22)34-5/h2*6-8,11-12,15-16,20H,9-10,13-14H2,1-5H3/t15-,16-,20+;15-,16-,20-/m00/s1. The molecule has 6 atom stereocenters. The molecule has 24 nitrogen and oxygen atoms in total. The molecule has 0 spiro atoms. The van der Waals surface area contributed by atoms with Crippen molar-refractivity contribution in [1.82, 2.24) is 49.5 Å². The molecular weight excluding hydrogens is 1000 g/mol. The Labute approximate surface area is 429 Å². The first-order valence-electron chi connectivity index (χ1n) is 23.5. The Hall–Kier alpha value is -6.58. The van der Waals surface area contributed by atoms with E-state index < -0.39 is 65.7 Å². The van der Waals surface area contributed by atoms with Gasteiger partial charge in [-0.05, 0) is 38.1 Å². The van der Waals surface area contributed by atoms with Crippen molar-refractivity contribution < 1.29 is 64.2 Å². The smallest absolute Gasteiger partial charge is 0.169 e. The number of sulfone groups is 2. The Morgan fingerprint density at radius 3 is 1.14 bits per heavy atom. The number of ether oxygens (including phenoxy) is 10. The zero-order chi connectivity index (χ0) is 53.2. The van der Waals surface area contributed by atoms with Crippen LogP contribution in [0.25, 0.3) is 11.4 Å². The van der Waals surface area contributed by atoms with Crippen LogP contribution in [0.3, 0.4) is 0 Å². The lowest BCUT2D eigenvalue weighted by molar-refractivity contribution is -0.0942. The maximum atomic E-state index is 13.6. The van der Waals surface area contributed by atoms with Crippen LogP contribution in [0.15, 0.2) is 61.2 Å². The van der Waals surface area contributed by atoms with Crippen molar-refractivity contribution in [2.75, 3.05) is 82.3 Å². The third-order valence-corrected chi connectivity index (χ3v) is 17.2. The summed E-state index contributed by atoms with van der Waals surface area (Å²) in [5, 5.41) is 15.6. The van der Waals surface area contributed by atoms with Crippen molar-refractivity contribution in [1.29, 1.82) is 0 Å². The molecule has 2 saturated heterocycles. The van der Waals surface area contributed by atoms with E-state index in [2.05, 4.69) is 40.3 Å². The predicted octanol–water partition coefficient (Wildman–Crippen LogP) is 4.56. The van der Waals surface area contributed by atoms with E-state index in [-0.39, 0.29) is 24.9 Å². The molecule has 0 N–H and O–H groups in total. The summed E-state index contributed by atoms with van der Waals surface area (Å²) < 4.78 is 113. The second-order valence-corrected chi connectivity index (χ2v) is 21.8. The van der Waals surface area contributed by atoms with Gasteiger partial charge >= 0.3 is 0 Å². The number of methoxy groups -OCH3 is 6. The molecular formula is C48H62N10O14S2. The van der Waals surface area contributed by atoms with Crippen LogP contribution in [-0.2, 0) is 50.1 Å². The largest absolute Gasteiger partial charge is 0.494 e. The van der Waals surface area contributed by atoms with E-state index in [9.17, 15) is 16.8 Å². The molecule has 0 aliphatic carbocycles. The van der Waals surface area contributed by atoms with Crippen LogP contribution >= 0.6 is 0 Å². The third kappa shape index (κ3) is 12.2. The fourth-order valence-electron chi connectivity index (χ4n) is 8.13. The Morgan fingerprint density at radius 2 is 0.851 bits per heavy atom. The van der Waals surface area contributed by atoms with E-state index in [0.29, 0.717) is 95.6 Å². The van der Waals surface area contributed by atoms with Gasteiger partial charge in [0.05, 0.1) is 118 Å². The molecule has 2 aromatic carbocycles. The maximum absolute atomic E-state index is 13.6. The molecule has 0 saturated carbocycles. The molecule has 74 heavy (non-hydrogen) atoms. The minimum atomic E-state index is -3.75. The van der Waals surface area contributed by atoms with E-state index in [0.717, 1.165) is 0 Å². The van der Waals surface area contributed by atoms with Gasteiger partial charge in [-0.1, -0.05) is 26.0 Å². The number of hydrogen-bond acceptors (Lipinski definition) is 22. The summed E-state index contributed by atoms with van der Waals surface area (Å²) in [4.78, 5) is 17.1. The SMILES string of the molecule is COc1cnc([C@@H](C)[C@H](C)S(=O)(=O)Cc2nnc([C@@H]3COCCO3)n2-c2c(OC)cccc2OC)nc1.COc1cnc([C@@H](C)[C@H](C)S(=O)(=O)Cc2nnc([C@H]3COCCO3)n2-c2c(OC)cccc2OC)nc1. The summed E-state index contributed by atoms with van der Waals surface area (Å²) in [6.45, 7) is 9.02. The number of aromatic nitrogens is 10. The van der Waals surface area contributed by atoms with Crippen LogP contribution in [0.2, 0.25) is 0 Å². The molecule has 400 valence electrons. The zero-order valence-electron chi connectivity index (χ0n) is 42.9. The average molecular weight is 1070 g/mol. The van der Waals surface area contributed by atoms with Crippen LogP contribution in [0.5, 0.6) is 34.5 Å². The molecule has 6 heterocycles. The topological polar surface area (TPSA) is 274 Å². The summed E-state index contributed by atoms with van der Waals surface area (Å²) in [5.41, 5.74) is 0.956. The van der Waals surface area contributed by atoms with Crippen molar-refractivity contribution in [3.63, 3.8) is 0 Å². The lowest BCUT2D eigenvalue weighted by atomic mass is 10.1. The number of hydrogen-bond donors (Lipinski definition) is 0. The molecule has 6 aromatic rings. The predicted molar refractivity (Wildman–Crippen MR) is 266 cm³/mol. The third-order valence-electron chi connectivity index (χ3n) is 12.8. The number of benzene rings is 2. The Bertz CT molecular complexity index is 2770. The second-order valence-electron chi connectivity index (χ2n) is 17.1. The summed E-state index contributed by atoms with van der Waals surface area (Å²) in [6.07, 6.45) is 4.97. The van der Waals surface area contributed by atoms with Crippen LogP contribution in [0.1, 0.15) is 86.7 Å². The van der Waals surface area contributed by atoms with Gasteiger partial charge in [0.15, 0.2) is 54.5 Å². The fourth-order valence-corrected chi connectivity index (χ4v) is 11.2. The van der Waals surface area contributed by atoms with Crippen LogP contribution < -0.4 is 28.4 Å². The molecule has 2 aliphatic rings. The van der Waals surface area contributed by atoms with E-state index in [1.807, 2.05) is 0 Å². The highest BCUT2D eigenvalue weighted by molar-refractivity contribution is 7.91. The van der Waals surface area contributed by atoms with Gasteiger partial charge in [0.1, 0.15) is 69.7 Å². The number of para-hydroxylation sites is 2. The number of rotatable bonds is 20. The first-order valence-corrected chi connectivity index (χ1v) is 26.9. The molecule has 4 aromatic heterocycles. The van der Waals surface area contributed by atoms with Gasteiger partial charge in [0, 0.05) is 11.8 Å². The maximum Gasteiger partial charge on any atom is 0.169 e. The fraction of sp³-hybridized carbons (Fsp3) is 0.500. The monoisotopic (exact) mass is 1070 g/mol. The van der Waals surface area contributed by atoms with E-state index in [1.54, 1.807) is 73.2 Å². The highest BCUT2D eigenvalue weighted by Crippen LogP contribution is 2.39. The highest BCUT2D eigenvalue weighted by Gasteiger charge is 2.37. The van der Waals surface area contributed by atoms with Gasteiger partial charge in [-0.25, -0.2) is 36.8 Å². The van der Waals surface area contributed by atoms with Crippen LogP contribution in [0, 0.1) is 0 Å². The Balaban J connectivity index is 0.000000216. The van der Waals surface area contributed by atoms with Crippen LogP contribution in [0.4, 0.5) is 0 Å². The Kier molecular flexibility index (Phi) is 18.4. The average Bonchev–Trinajstić information content (AvgIpc) is 4.05. The number of nitrogens with zero attached hydrogens (tertiary/aromatic N) is 10. The minimum Gasteiger partial charge on any atom is -0.494 e. The lowest BCUT2D eigenvalue weighted by Crippen LogP contribution is -2.28. The summed E-state index contributed by atoms with van der Waals surface area (Å²) in [6, 6.07) is 10.6. The van der Waals surface area contributed by atoms with E-state index >= 15 is 0 Å². The normalized spacial score (nSPS) is 17.7. The molecule has 0 amide bonds. The molecule has 2 fully saturated rings. The first-order chi connectivity index (χ1) is 35.6.